The predicted molar refractivity (Wildman–Crippen MR) is 139 cm³/mol. The summed E-state index contributed by atoms with van der Waals surface area (Å²) in [4.78, 5) is 0. The fourth-order valence-electron chi connectivity index (χ4n) is 3.38. The molecule has 0 N–H and O–H groups in total. The molecule has 0 aliphatic heterocycles. The van der Waals surface area contributed by atoms with E-state index in [9.17, 15) is 26.3 Å². The van der Waals surface area contributed by atoms with Crippen LogP contribution in [0, 0.1) is 0 Å². The van der Waals surface area contributed by atoms with Crippen LogP contribution in [-0.2, 0) is 12.4 Å². The molecule has 0 spiro atoms. The minimum absolute atomic E-state index is 0.0886. The molecule has 0 saturated carbocycles. The SMILES string of the molecule is FC(F)(F)c1ccc(/C=C/c2ccc([Se]c3ccc(/C=C/c4ccc(C(F)(F)F)cc4)cc3)cc2)cc1. The van der Waals surface area contributed by atoms with Crippen LogP contribution in [0.25, 0.3) is 24.3 Å². The molecule has 0 amide bonds. The summed E-state index contributed by atoms with van der Waals surface area (Å²) in [5.41, 5.74) is 1.94. The molecule has 0 atom stereocenters. The van der Waals surface area contributed by atoms with E-state index in [4.69, 9.17) is 0 Å². The second-order valence-corrected chi connectivity index (χ2v) is 10.6. The van der Waals surface area contributed by atoms with Crippen LogP contribution < -0.4 is 8.92 Å². The third-order valence-corrected chi connectivity index (χ3v) is 7.54. The van der Waals surface area contributed by atoms with E-state index >= 15 is 0 Å². The summed E-state index contributed by atoms with van der Waals surface area (Å²) in [6.07, 6.45) is -1.42. The maximum absolute atomic E-state index is 12.7. The van der Waals surface area contributed by atoms with Gasteiger partial charge in [0.15, 0.2) is 0 Å². The van der Waals surface area contributed by atoms with Gasteiger partial charge in [-0.25, -0.2) is 0 Å². The number of rotatable bonds is 6. The average Bonchev–Trinajstić information content (AvgIpc) is 2.87. The van der Waals surface area contributed by atoms with E-state index in [0.717, 1.165) is 35.4 Å². The van der Waals surface area contributed by atoms with Crippen molar-refractivity contribution in [3.8, 4) is 0 Å². The van der Waals surface area contributed by atoms with Gasteiger partial charge in [-0.2, -0.15) is 0 Å². The van der Waals surface area contributed by atoms with E-state index in [1.807, 2.05) is 60.7 Å². The summed E-state index contributed by atoms with van der Waals surface area (Å²) in [5, 5.41) is 0. The molecule has 0 aliphatic carbocycles. The van der Waals surface area contributed by atoms with Gasteiger partial charge in [0.25, 0.3) is 0 Å². The Hall–Kier alpha value is -3.54. The summed E-state index contributed by atoms with van der Waals surface area (Å²) in [6.45, 7) is 0. The molecule has 0 bridgehead atoms. The van der Waals surface area contributed by atoms with Crippen LogP contribution in [0.5, 0.6) is 0 Å². The topological polar surface area (TPSA) is 0 Å². The average molecular weight is 573 g/mol. The Bertz CT molecular complexity index is 1250. The molecule has 0 radical (unpaired) electrons. The Morgan fingerprint density at radius 2 is 0.622 bits per heavy atom. The molecule has 4 aromatic carbocycles. The summed E-state index contributed by atoms with van der Waals surface area (Å²) in [7, 11) is 0. The number of hydrogen-bond acceptors (Lipinski definition) is 0. The van der Waals surface area contributed by atoms with Crippen molar-refractivity contribution in [2.75, 3.05) is 0 Å². The van der Waals surface area contributed by atoms with Gasteiger partial charge in [-0.15, -0.1) is 0 Å². The molecule has 4 aromatic rings. The quantitative estimate of drug-likeness (QED) is 0.126. The van der Waals surface area contributed by atoms with Gasteiger partial charge in [0.2, 0.25) is 0 Å². The Morgan fingerprint density at radius 3 is 0.865 bits per heavy atom. The first kappa shape index (κ1) is 26.5. The molecule has 37 heavy (non-hydrogen) atoms. The van der Waals surface area contributed by atoms with Gasteiger partial charge in [0.05, 0.1) is 0 Å². The first-order chi connectivity index (χ1) is 17.6. The molecule has 188 valence electrons. The van der Waals surface area contributed by atoms with Crippen LogP contribution in [0.4, 0.5) is 26.3 Å². The molecule has 4 rings (SSSR count). The minimum atomic E-state index is -4.34. The fraction of sp³-hybridized carbons (Fsp3) is 0.0667. The normalized spacial score (nSPS) is 12.5. The van der Waals surface area contributed by atoms with E-state index in [1.54, 1.807) is 12.2 Å². The van der Waals surface area contributed by atoms with Crippen molar-refractivity contribution in [2.45, 2.75) is 12.4 Å². The zero-order valence-electron chi connectivity index (χ0n) is 19.2. The standard InChI is InChI=1S/C30H20F6Se/c31-29(32,33)25-13-5-21(6-14-25)1-3-23-9-17-27(18-10-23)37-28-19-11-24(12-20-28)4-2-22-7-15-26(16-8-22)30(34,35)36/h1-20H/b3-1+,4-2+. The van der Waals surface area contributed by atoms with Gasteiger partial charge in [-0.05, 0) is 0 Å². The fourth-order valence-corrected chi connectivity index (χ4v) is 5.09. The zero-order chi connectivity index (χ0) is 26.5. The Kier molecular flexibility index (Phi) is 8.06. The van der Waals surface area contributed by atoms with Gasteiger partial charge in [0.1, 0.15) is 0 Å². The Balaban J connectivity index is 1.33. The number of halogens is 6. The Morgan fingerprint density at radius 1 is 0.378 bits per heavy atom. The van der Waals surface area contributed by atoms with E-state index < -0.39 is 23.5 Å². The summed E-state index contributed by atoms with van der Waals surface area (Å²) < 4.78 is 78.4. The zero-order valence-corrected chi connectivity index (χ0v) is 20.9. The van der Waals surface area contributed by atoms with E-state index in [1.165, 1.54) is 33.2 Å². The van der Waals surface area contributed by atoms with Gasteiger partial charge >= 0.3 is 217 Å². The van der Waals surface area contributed by atoms with Crippen molar-refractivity contribution in [2.24, 2.45) is 0 Å². The predicted octanol–water partition coefficient (Wildman–Crippen LogP) is 7.72. The van der Waals surface area contributed by atoms with E-state index in [2.05, 4.69) is 0 Å². The summed E-state index contributed by atoms with van der Waals surface area (Å²) in [5.74, 6) is 0. The monoisotopic (exact) mass is 574 g/mol. The van der Waals surface area contributed by atoms with Crippen molar-refractivity contribution in [1.82, 2.24) is 0 Å². The number of alkyl halides is 6. The maximum atomic E-state index is 12.7. The van der Waals surface area contributed by atoms with E-state index in [0.29, 0.717) is 11.1 Å². The van der Waals surface area contributed by atoms with Gasteiger partial charge in [-0.1, -0.05) is 0 Å². The van der Waals surface area contributed by atoms with Crippen molar-refractivity contribution in [1.29, 1.82) is 0 Å². The molecular formula is C30H20F6Se. The number of hydrogen-bond donors (Lipinski definition) is 0. The molecule has 0 saturated heterocycles. The van der Waals surface area contributed by atoms with Gasteiger partial charge < -0.3 is 0 Å². The molecule has 0 aromatic heterocycles. The molecule has 0 fully saturated rings. The van der Waals surface area contributed by atoms with Crippen LogP contribution >= 0.6 is 0 Å². The van der Waals surface area contributed by atoms with Crippen LogP contribution in [0.2, 0.25) is 0 Å². The third kappa shape index (κ3) is 7.72. The Labute approximate surface area is 217 Å². The van der Waals surface area contributed by atoms with Crippen molar-refractivity contribution < 1.29 is 26.3 Å². The van der Waals surface area contributed by atoms with E-state index in [-0.39, 0.29) is 15.0 Å². The van der Waals surface area contributed by atoms with Crippen molar-refractivity contribution >= 4 is 48.2 Å². The van der Waals surface area contributed by atoms with Gasteiger partial charge in [0, 0.05) is 0 Å². The number of benzene rings is 4. The van der Waals surface area contributed by atoms with Crippen LogP contribution in [0.15, 0.2) is 97.1 Å². The van der Waals surface area contributed by atoms with Crippen molar-refractivity contribution in [3.63, 3.8) is 0 Å². The van der Waals surface area contributed by atoms with Gasteiger partial charge in [-0.3, -0.25) is 0 Å². The second-order valence-electron chi connectivity index (χ2n) is 8.15. The summed E-state index contributed by atoms with van der Waals surface area (Å²) in [6, 6.07) is 26.1. The van der Waals surface area contributed by atoms with Crippen LogP contribution in [0.1, 0.15) is 33.4 Å². The molecule has 0 heterocycles. The summed E-state index contributed by atoms with van der Waals surface area (Å²) >= 11 is 0.0886. The first-order valence-corrected chi connectivity index (χ1v) is 12.9. The van der Waals surface area contributed by atoms with Crippen molar-refractivity contribution in [3.05, 3.63) is 130 Å². The molecule has 0 nitrogen and oxygen atoms in total. The molecule has 0 aliphatic rings. The molecule has 0 unspecified atom stereocenters. The molecule has 7 heteroatoms. The van der Waals surface area contributed by atoms with Crippen LogP contribution in [0.3, 0.4) is 0 Å². The second kappa shape index (κ2) is 11.2. The first-order valence-electron chi connectivity index (χ1n) is 11.1. The van der Waals surface area contributed by atoms with Crippen LogP contribution in [-0.4, -0.2) is 15.0 Å². The molecular weight excluding hydrogens is 553 g/mol. The third-order valence-electron chi connectivity index (χ3n) is 5.41.